The summed E-state index contributed by atoms with van der Waals surface area (Å²) in [6.45, 7) is 8.56. The minimum Gasteiger partial charge on any atom is -0.396 e. The standard InChI is InChI=1S/C12H20BrNOS/c1-9-6-10(16-11(9)13)7-14-8-12(2,3)4-5-15/h6,14-15H,4-5,7-8H2,1-3H3. The summed E-state index contributed by atoms with van der Waals surface area (Å²) in [4.78, 5) is 1.35. The van der Waals surface area contributed by atoms with Gasteiger partial charge in [-0.15, -0.1) is 11.3 Å². The largest absolute Gasteiger partial charge is 0.396 e. The van der Waals surface area contributed by atoms with Gasteiger partial charge in [0.05, 0.1) is 3.79 Å². The minimum absolute atomic E-state index is 0.165. The van der Waals surface area contributed by atoms with E-state index in [1.165, 1.54) is 14.2 Å². The lowest BCUT2D eigenvalue weighted by atomic mass is 9.90. The lowest BCUT2D eigenvalue weighted by Gasteiger charge is -2.23. The van der Waals surface area contributed by atoms with Gasteiger partial charge in [-0.25, -0.2) is 0 Å². The van der Waals surface area contributed by atoms with Crippen molar-refractivity contribution < 1.29 is 5.11 Å². The summed E-state index contributed by atoms with van der Waals surface area (Å²) in [6, 6.07) is 2.21. The molecule has 0 bridgehead atoms. The van der Waals surface area contributed by atoms with Gasteiger partial charge in [0.1, 0.15) is 0 Å². The van der Waals surface area contributed by atoms with E-state index in [1.807, 2.05) is 0 Å². The number of hydrogen-bond acceptors (Lipinski definition) is 3. The molecular formula is C12H20BrNOS. The van der Waals surface area contributed by atoms with Gasteiger partial charge in [-0.2, -0.15) is 0 Å². The van der Waals surface area contributed by atoms with E-state index in [-0.39, 0.29) is 12.0 Å². The minimum atomic E-state index is 0.165. The Balaban J connectivity index is 2.35. The number of hydrogen-bond donors (Lipinski definition) is 2. The molecule has 0 amide bonds. The molecule has 0 atom stereocenters. The summed E-state index contributed by atoms with van der Waals surface area (Å²) in [6.07, 6.45) is 0.840. The van der Waals surface area contributed by atoms with E-state index in [9.17, 15) is 0 Å². The topological polar surface area (TPSA) is 32.3 Å². The molecule has 0 aromatic carbocycles. The van der Waals surface area contributed by atoms with Gasteiger partial charge < -0.3 is 10.4 Å². The molecule has 2 N–H and O–H groups in total. The maximum Gasteiger partial charge on any atom is 0.0730 e. The number of nitrogens with one attached hydrogen (secondary N) is 1. The number of halogens is 1. The maximum absolute atomic E-state index is 8.93. The highest BCUT2D eigenvalue weighted by Crippen LogP contribution is 2.27. The molecule has 1 aromatic rings. The average Bonchev–Trinajstić information content (AvgIpc) is 2.45. The van der Waals surface area contributed by atoms with Crippen molar-refractivity contribution in [3.05, 3.63) is 20.3 Å². The van der Waals surface area contributed by atoms with Crippen LogP contribution in [0.15, 0.2) is 9.85 Å². The molecule has 0 spiro atoms. The molecule has 0 aliphatic rings. The molecule has 92 valence electrons. The van der Waals surface area contributed by atoms with Crippen LogP contribution in [0.3, 0.4) is 0 Å². The van der Waals surface area contributed by atoms with E-state index in [4.69, 9.17) is 5.11 Å². The van der Waals surface area contributed by atoms with Gasteiger partial charge >= 0.3 is 0 Å². The zero-order valence-corrected chi connectivity index (χ0v) is 12.5. The summed E-state index contributed by atoms with van der Waals surface area (Å²) in [5.41, 5.74) is 1.47. The van der Waals surface area contributed by atoms with Crippen LogP contribution in [0.5, 0.6) is 0 Å². The molecule has 4 heteroatoms. The highest BCUT2D eigenvalue weighted by Gasteiger charge is 2.16. The normalized spacial score (nSPS) is 12.1. The van der Waals surface area contributed by atoms with Crippen molar-refractivity contribution in [2.24, 2.45) is 5.41 Å². The number of aliphatic hydroxyl groups is 1. The third kappa shape index (κ3) is 4.53. The predicted octanol–water partition coefficient (Wildman–Crippen LogP) is 3.32. The van der Waals surface area contributed by atoms with Gasteiger partial charge in [0.2, 0.25) is 0 Å². The maximum atomic E-state index is 8.93. The molecule has 2 nitrogen and oxygen atoms in total. The second-order valence-electron chi connectivity index (χ2n) is 4.91. The number of aryl methyl sites for hydroxylation is 1. The highest BCUT2D eigenvalue weighted by atomic mass is 79.9. The molecule has 0 fully saturated rings. The third-order valence-corrected chi connectivity index (χ3v) is 4.74. The van der Waals surface area contributed by atoms with Crippen LogP contribution in [0, 0.1) is 12.3 Å². The van der Waals surface area contributed by atoms with Crippen LogP contribution in [0.4, 0.5) is 0 Å². The van der Waals surface area contributed by atoms with E-state index < -0.39 is 0 Å². The first kappa shape index (κ1) is 14.2. The van der Waals surface area contributed by atoms with Crippen molar-refractivity contribution in [2.45, 2.75) is 33.7 Å². The molecule has 0 saturated carbocycles. The van der Waals surface area contributed by atoms with Crippen molar-refractivity contribution in [2.75, 3.05) is 13.2 Å². The predicted molar refractivity (Wildman–Crippen MR) is 73.9 cm³/mol. The Morgan fingerprint density at radius 1 is 1.50 bits per heavy atom. The average molecular weight is 306 g/mol. The van der Waals surface area contributed by atoms with E-state index in [0.29, 0.717) is 0 Å². The molecule has 1 rings (SSSR count). The fourth-order valence-electron chi connectivity index (χ4n) is 1.53. The van der Waals surface area contributed by atoms with Crippen molar-refractivity contribution >= 4 is 27.3 Å². The lowest BCUT2D eigenvalue weighted by Crippen LogP contribution is -2.29. The molecule has 0 aliphatic heterocycles. The van der Waals surface area contributed by atoms with E-state index in [1.54, 1.807) is 11.3 Å². The fourth-order valence-corrected chi connectivity index (χ4v) is 3.12. The van der Waals surface area contributed by atoms with Crippen molar-refractivity contribution in [3.8, 4) is 0 Å². The molecule has 1 aromatic heterocycles. The van der Waals surface area contributed by atoms with Crippen LogP contribution in [-0.4, -0.2) is 18.3 Å². The van der Waals surface area contributed by atoms with Crippen LogP contribution in [0.25, 0.3) is 0 Å². The molecule has 0 unspecified atom stereocenters. The van der Waals surface area contributed by atoms with Gasteiger partial charge in [-0.1, -0.05) is 13.8 Å². The highest BCUT2D eigenvalue weighted by molar-refractivity contribution is 9.11. The van der Waals surface area contributed by atoms with Gasteiger partial charge in [-0.05, 0) is 46.3 Å². The molecule has 0 saturated heterocycles. The number of aliphatic hydroxyl groups excluding tert-OH is 1. The number of rotatable bonds is 6. The van der Waals surface area contributed by atoms with Crippen LogP contribution >= 0.6 is 27.3 Å². The van der Waals surface area contributed by atoms with E-state index in [2.05, 4.69) is 48.1 Å². The fraction of sp³-hybridized carbons (Fsp3) is 0.667. The molecule has 16 heavy (non-hydrogen) atoms. The van der Waals surface area contributed by atoms with Crippen molar-refractivity contribution in [1.29, 1.82) is 0 Å². The van der Waals surface area contributed by atoms with Gasteiger partial charge in [0.25, 0.3) is 0 Å². The van der Waals surface area contributed by atoms with Gasteiger partial charge in [0.15, 0.2) is 0 Å². The van der Waals surface area contributed by atoms with Gasteiger partial charge in [-0.3, -0.25) is 0 Å². The summed E-state index contributed by atoms with van der Waals surface area (Å²) < 4.78 is 1.22. The first-order chi connectivity index (χ1) is 7.44. The Kier molecular flexibility index (Phi) is 5.44. The number of thiophene rings is 1. The first-order valence-corrected chi connectivity index (χ1v) is 7.12. The Hall–Kier alpha value is 0.100. The second kappa shape index (κ2) is 6.15. The Morgan fingerprint density at radius 3 is 2.69 bits per heavy atom. The Labute approximate surface area is 110 Å². The molecular weight excluding hydrogens is 286 g/mol. The Bertz CT molecular complexity index is 316. The zero-order chi connectivity index (χ0) is 12.2. The molecule has 0 aliphatic carbocycles. The Morgan fingerprint density at radius 2 is 2.19 bits per heavy atom. The molecule has 1 heterocycles. The van der Waals surface area contributed by atoms with Crippen molar-refractivity contribution in [1.82, 2.24) is 5.32 Å². The first-order valence-electron chi connectivity index (χ1n) is 5.51. The van der Waals surface area contributed by atoms with Crippen molar-refractivity contribution in [3.63, 3.8) is 0 Å². The van der Waals surface area contributed by atoms with Crippen LogP contribution in [0.1, 0.15) is 30.7 Å². The van der Waals surface area contributed by atoms with Crippen LogP contribution in [0.2, 0.25) is 0 Å². The smallest absolute Gasteiger partial charge is 0.0730 e. The SMILES string of the molecule is Cc1cc(CNCC(C)(C)CCO)sc1Br. The summed E-state index contributed by atoms with van der Waals surface area (Å²) in [5, 5.41) is 12.4. The zero-order valence-electron chi connectivity index (χ0n) is 10.1. The summed E-state index contributed by atoms with van der Waals surface area (Å²) in [5.74, 6) is 0. The molecule has 0 radical (unpaired) electrons. The third-order valence-electron chi connectivity index (χ3n) is 2.60. The van der Waals surface area contributed by atoms with E-state index >= 15 is 0 Å². The quantitative estimate of drug-likeness (QED) is 0.845. The van der Waals surface area contributed by atoms with Gasteiger partial charge in [0, 0.05) is 24.6 Å². The van der Waals surface area contributed by atoms with Crippen LogP contribution < -0.4 is 5.32 Å². The van der Waals surface area contributed by atoms with Crippen LogP contribution in [-0.2, 0) is 6.54 Å². The monoisotopic (exact) mass is 305 g/mol. The van der Waals surface area contributed by atoms with E-state index in [0.717, 1.165) is 19.5 Å². The summed E-state index contributed by atoms with van der Waals surface area (Å²) in [7, 11) is 0. The lowest BCUT2D eigenvalue weighted by molar-refractivity contribution is 0.207. The summed E-state index contributed by atoms with van der Waals surface area (Å²) >= 11 is 5.31. The second-order valence-corrected chi connectivity index (χ2v) is 7.37.